The number of carbonyl (C=O) groups excluding carboxylic acids is 2. The first-order valence-electron chi connectivity index (χ1n) is 7.60. The number of nitrogens with zero attached hydrogens (tertiary/aromatic N) is 2. The van der Waals surface area contributed by atoms with Crippen molar-refractivity contribution in [2.75, 3.05) is 13.7 Å². The quantitative estimate of drug-likeness (QED) is 0.634. The van der Waals surface area contributed by atoms with Crippen LogP contribution in [0.5, 0.6) is 5.75 Å². The normalized spacial score (nSPS) is 10.3. The second-order valence-corrected chi connectivity index (χ2v) is 6.02. The molecule has 1 amide bonds. The third kappa shape index (κ3) is 4.45. The Morgan fingerprint density at radius 1 is 1.27 bits per heavy atom. The van der Waals surface area contributed by atoms with Crippen LogP contribution < -0.4 is 10.1 Å². The van der Waals surface area contributed by atoms with Gasteiger partial charge in [-0.05, 0) is 29.6 Å². The molecule has 0 radical (unpaired) electrons. The van der Waals surface area contributed by atoms with E-state index in [1.165, 1.54) is 18.4 Å². The Bertz CT molecular complexity index is 891. The van der Waals surface area contributed by atoms with Gasteiger partial charge in [0.1, 0.15) is 12.3 Å². The lowest BCUT2D eigenvalue weighted by molar-refractivity contribution is -0.143. The number of methoxy groups -OCH3 is 1. The summed E-state index contributed by atoms with van der Waals surface area (Å²) in [6.07, 6.45) is 0. The lowest BCUT2D eigenvalue weighted by atomic mass is 10.2. The summed E-state index contributed by atoms with van der Waals surface area (Å²) in [5, 5.41) is 8.12. The molecule has 9 heteroatoms. The molecule has 0 aliphatic carbocycles. The zero-order chi connectivity index (χ0) is 18.4. The van der Waals surface area contributed by atoms with Gasteiger partial charge in [0.25, 0.3) is 11.8 Å². The van der Waals surface area contributed by atoms with Gasteiger partial charge in [-0.15, -0.1) is 11.3 Å². The smallest absolute Gasteiger partial charge is 0.325 e. The fourth-order valence-electron chi connectivity index (χ4n) is 2.03. The second-order valence-electron chi connectivity index (χ2n) is 5.07. The van der Waals surface area contributed by atoms with Crippen molar-refractivity contribution in [2.45, 2.75) is 6.61 Å². The average molecular weight is 373 g/mol. The SMILES string of the molecule is COc1cccc(C(=O)NCC(=O)OCc2noc(-c3cccs3)n2)c1. The Morgan fingerprint density at radius 2 is 2.15 bits per heavy atom. The summed E-state index contributed by atoms with van der Waals surface area (Å²) in [5.74, 6) is 0.168. The van der Waals surface area contributed by atoms with Gasteiger partial charge in [-0.2, -0.15) is 4.98 Å². The highest BCUT2D eigenvalue weighted by Crippen LogP contribution is 2.22. The topological polar surface area (TPSA) is 104 Å². The zero-order valence-electron chi connectivity index (χ0n) is 13.8. The van der Waals surface area contributed by atoms with E-state index in [0.29, 0.717) is 17.2 Å². The molecular weight excluding hydrogens is 358 g/mol. The highest BCUT2D eigenvalue weighted by molar-refractivity contribution is 7.13. The van der Waals surface area contributed by atoms with Crippen LogP contribution in [0.25, 0.3) is 10.8 Å². The number of ether oxygens (including phenoxy) is 2. The van der Waals surface area contributed by atoms with Gasteiger partial charge in [0.05, 0.1) is 12.0 Å². The van der Waals surface area contributed by atoms with Crippen LogP contribution in [0.15, 0.2) is 46.3 Å². The van der Waals surface area contributed by atoms with E-state index in [1.807, 2.05) is 17.5 Å². The average Bonchev–Trinajstić information content (AvgIpc) is 3.35. The maximum atomic E-state index is 12.0. The van der Waals surface area contributed by atoms with E-state index < -0.39 is 11.9 Å². The van der Waals surface area contributed by atoms with Crippen molar-refractivity contribution in [2.24, 2.45) is 0 Å². The Balaban J connectivity index is 1.46. The molecule has 1 N–H and O–H groups in total. The molecule has 0 bridgehead atoms. The van der Waals surface area contributed by atoms with Crippen LogP contribution in [-0.4, -0.2) is 35.7 Å². The number of thiophene rings is 1. The minimum absolute atomic E-state index is 0.136. The van der Waals surface area contributed by atoms with Gasteiger partial charge >= 0.3 is 5.97 Å². The maximum Gasteiger partial charge on any atom is 0.325 e. The summed E-state index contributed by atoms with van der Waals surface area (Å²) in [6.45, 7) is -0.408. The molecule has 0 unspecified atom stereocenters. The number of rotatable bonds is 7. The summed E-state index contributed by atoms with van der Waals surface area (Å²) in [6, 6.07) is 10.3. The van der Waals surface area contributed by atoms with E-state index in [-0.39, 0.29) is 19.0 Å². The number of amides is 1. The van der Waals surface area contributed by atoms with E-state index in [4.69, 9.17) is 14.0 Å². The number of hydrogen-bond acceptors (Lipinski definition) is 8. The number of benzene rings is 1. The van der Waals surface area contributed by atoms with Gasteiger partial charge in [0, 0.05) is 5.56 Å². The molecule has 0 saturated carbocycles. The fourth-order valence-corrected chi connectivity index (χ4v) is 2.67. The van der Waals surface area contributed by atoms with Crippen molar-refractivity contribution in [1.82, 2.24) is 15.5 Å². The molecule has 26 heavy (non-hydrogen) atoms. The molecule has 134 valence electrons. The van der Waals surface area contributed by atoms with Crippen molar-refractivity contribution < 1.29 is 23.6 Å². The largest absolute Gasteiger partial charge is 0.497 e. The second kappa shape index (κ2) is 8.26. The third-order valence-corrected chi connectivity index (χ3v) is 4.15. The molecule has 0 aliphatic heterocycles. The summed E-state index contributed by atoms with van der Waals surface area (Å²) >= 11 is 1.47. The Labute approximate surface area is 152 Å². The zero-order valence-corrected chi connectivity index (χ0v) is 14.6. The van der Waals surface area contributed by atoms with Crippen LogP contribution in [0.4, 0.5) is 0 Å². The molecule has 3 aromatic rings. The summed E-state index contributed by atoms with van der Waals surface area (Å²) in [5.41, 5.74) is 0.385. The van der Waals surface area contributed by atoms with Gasteiger partial charge in [0.2, 0.25) is 5.82 Å². The van der Waals surface area contributed by atoms with Gasteiger partial charge in [0.15, 0.2) is 6.61 Å². The van der Waals surface area contributed by atoms with Crippen LogP contribution >= 0.6 is 11.3 Å². The molecule has 0 atom stereocenters. The molecule has 0 saturated heterocycles. The number of carbonyl (C=O) groups is 2. The van der Waals surface area contributed by atoms with Crippen LogP contribution in [0.1, 0.15) is 16.2 Å². The Hall–Kier alpha value is -3.20. The maximum absolute atomic E-state index is 12.0. The number of nitrogens with one attached hydrogen (secondary N) is 1. The molecule has 1 aromatic carbocycles. The first-order valence-corrected chi connectivity index (χ1v) is 8.48. The van der Waals surface area contributed by atoms with Gasteiger partial charge in [-0.25, -0.2) is 0 Å². The van der Waals surface area contributed by atoms with Crippen molar-refractivity contribution in [3.05, 3.63) is 53.2 Å². The minimum atomic E-state index is -0.608. The van der Waals surface area contributed by atoms with Crippen molar-refractivity contribution in [3.8, 4) is 16.5 Å². The van der Waals surface area contributed by atoms with E-state index in [0.717, 1.165) is 4.88 Å². The van der Waals surface area contributed by atoms with Crippen LogP contribution in [0, 0.1) is 0 Å². The van der Waals surface area contributed by atoms with E-state index in [9.17, 15) is 9.59 Å². The Kier molecular flexibility index (Phi) is 5.59. The molecule has 0 spiro atoms. The first-order chi connectivity index (χ1) is 12.7. The highest BCUT2D eigenvalue weighted by Gasteiger charge is 2.13. The Morgan fingerprint density at radius 3 is 2.92 bits per heavy atom. The first kappa shape index (κ1) is 17.6. The third-order valence-electron chi connectivity index (χ3n) is 3.29. The van der Waals surface area contributed by atoms with E-state index >= 15 is 0 Å². The highest BCUT2D eigenvalue weighted by atomic mass is 32.1. The predicted molar refractivity (Wildman–Crippen MR) is 92.7 cm³/mol. The van der Waals surface area contributed by atoms with Crippen molar-refractivity contribution >= 4 is 23.2 Å². The number of hydrogen-bond donors (Lipinski definition) is 1. The van der Waals surface area contributed by atoms with Gasteiger partial charge in [-0.1, -0.05) is 17.3 Å². The number of aromatic nitrogens is 2. The van der Waals surface area contributed by atoms with Gasteiger partial charge in [-0.3, -0.25) is 9.59 Å². The van der Waals surface area contributed by atoms with Gasteiger partial charge < -0.3 is 19.3 Å². The molecular formula is C17H15N3O5S. The fraction of sp³-hybridized carbons (Fsp3) is 0.176. The lowest BCUT2D eigenvalue weighted by Crippen LogP contribution is -2.30. The summed E-state index contributed by atoms with van der Waals surface area (Å²) in [4.78, 5) is 28.8. The monoisotopic (exact) mass is 373 g/mol. The van der Waals surface area contributed by atoms with Crippen molar-refractivity contribution in [3.63, 3.8) is 0 Å². The molecule has 2 aromatic heterocycles. The van der Waals surface area contributed by atoms with Crippen molar-refractivity contribution in [1.29, 1.82) is 0 Å². The van der Waals surface area contributed by atoms with Crippen LogP contribution in [0.3, 0.4) is 0 Å². The molecule has 0 fully saturated rings. The summed E-state index contributed by atoms with van der Waals surface area (Å²) < 4.78 is 15.2. The standard InChI is InChI=1S/C17H15N3O5S/c1-23-12-5-2-4-11(8-12)16(22)18-9-15(21)24-10-14-19-17(25-20-14)13-6-3-7-26-13/h2-8H,9-10H2,1H3,(H,18,22). The predicted octanol–water partition coefficient (Wildman–Crippen LogP) is 2.28. The minimum Gasteiger partial charge on any atom is -0.497 e. The molecule has 0 aliphatic rings. The van der Waals surface area contributed by atoms with Crippen LogP contribution in [0.2, 0.25) is 0 Å². The van der Waals surface area contributed by atoms with Crippen LogP contribution in [-0.2, 0) is 16.1 Å². The van der Waals surface area contributed by atoms with E-state index in [1.54, 1.807) is 24.3 Å². The lowest BCUT2D eigenvalue weighted by Gasteiger charge is -2.06. The molecule has 3 rings (SSSR count). The summed E-state index contributed by atoms with van der Waals surface area (Å²) in [7, 11) is 1.51. The molecule has 2 heterocycles. The van der Waals surface area contributed by atoms with E-state index in [2.05, 4.69) is 15.5 Å². The number of esters is 1. The molecule has 8 nitrogen and oxygen atoms in total.